The van der Waals surface area contributed by atoms with Crippen LogP contribution >= 0.6 is 0 Å². The van der Waals surface area contributed by atoms with Gasteiger partial charge in [0.25, 0.3) is 0 Å². The second-order valence-electron chi connectivity index (χ2n) is 10.1. The summed E-state index contributed by atoms with van der Waals surface area (Å²) in [4.78, 5) is 3.12. The molecule has 4 aromatic rings. The Morgan fingerprint density at radius 2 is 1.02 bits per heavy atom. The van der Waals surface area contributed by atoms with Crippen LogP contribution in [0.25, 0.3) is 0 Å². The summed E-state index contributed by atoms with van der Waals surface area (Å²) >= 11 is 0. The Balaban J connectivity index is 1.33. The van der Waals surface area contributed by atoms with Gasteiger partial charge in [-0.1, -0.05) is 12.1 Å². The van der Waals surface area contributed by atoms with Crippen molar-refractivity contribution >= 4 is 11.4 Å². The van der Waals surface area contributed by atoms with Gasteiger partial charge in [0, 0.05) is 36.3 Å². The average molecular weight is 571 g/mol. The molecule has 6 rings (SSSR count). The molecule has 0 spiro atoms. The second-order valence-corrected chi connectivity index (χ2v) is 10.1. The molecular weight excluding hydrogens is 546 g/mol. The predicted octanol–water partition coefficient (Wildman–Crippen LogP) is 7.18. The average Bonchev–Trinajstić information content (AvgIpc) is 2.97. The van der Waals surface area contributed by atoms with Gasteiger partial charge in [0.1, 0.15) is 48.1 Å². The van der Waals surface area contributed by atoms with Gasteiger partial charge in [0.2, 0.25) is 0 Å². The maximum Gasteiger partial charge on any atom is 0.161 e. The van der Waals surface area contributed by atoms with Crippen LogP contribution in [-0.4, -0.2) is 26.8 Å². The first-order chi connectivity index (χ1) is 19.8. The number of anilines is 2. The molecule has 0 saturated carbocycles. The SMILES string of the molecule is FCC(CF)(c1ccc2c(c1)CN(c1ccc(F)cc1F)CO2)c1ccc2c(c1)CN(c1ccc(F)cc1F)CO2. The number of nitrogens with zero attached hydrogens (tertiary/aromatic N) is 2. The van der Waals surface area contributed by atoms with Gasteiger partial charge in [-0.3, -0.25) is 0 Å². The minimum absolute atomic E-state index is 0.0161. The molecule has 41 heavy (non-hydrogen) atoms. The molecule has 4 nitrogen and oxygen atoms in total. The Morgan fingerprint density at radius 3 is 1.41 bits per heavy atom. The number of hydrogen-bond donors (Lipinski definition) is 0. The van der Waals surface area contributed by atoms with Gasteiger partial charge in [-0.2, -0.15) is 0 Å². The standard InChI is InChI=1S/C31H24F6N2O2/c32-15-31(16-33,21-1-7-29-19(9-21)13-38(17-40-29)27-5-3-23(34)11-25(27)36)22-2-8-30-20(10-22)14-39(18-41-30)28-6-4-24(35)12-26(28)37/h1-12H,13-18H2. The van der Waals surface area contributed by atoms with Crippen molar-refractivity contribution in [3.63, 3.8) is 0 Å². The highest BCUT2D eigenvalue weighted by Gasteiger charge is 2.37. The fourth-order valence-corrected chi connectivity index (χ4v) is 5.38. The largest absolute Gasteiger partial charge is 0.473 e. The van der Waals surface area contributed by atoms with Crippen molar-refractivity contribution in [2.24, 2.45) is 0 Å². The molecule has 212 valence electrons. The smallest absolute Gasteiger partial charge is 0.161 e. The number of rotatable bonds is 6. The zero-order chi connectivity index (χ0) is 28.7. The van der Waals surface area contributed by atoms with Gasteiger partial charge in [-0.15, -0.1) is 0 Å². The topological polar surface area (TPSA) is 24.9 Å². The summed E-state index contributed by atoms with van der Waals surface area (Å²) in [5, 5.41) is 0. The molecule has 0 aliphatic carbocycles. The summed E-state index contributed by atoms with van der Waals surface area (Å²) in [7, 11) is 0. The molecule has 0 N–H and O–H groups in total. The van der Waals surface area contributed by atoms with Crippen molar-refractivity contribution in [2.75, 3.05) is 36.6 Å². The van der Waals surface area contributed by atoms with E-state index >= 15 is 0 Å². The fraction of sp³-hybridized carbons (Fsp3) is 0.226. The number of ether oxygens (including phenoxy) is 2. The number of alkyl halides is 2. The molecule has 2 aliphatic heterocycles. The van der Waals surface area contributed by atoms with Crippen molar-refractivity contribution < 1.29 is 35.8 Å². The highest BCUT2D eigenvalue weighted by molar-refractivity contribution is 5.55. The lowest BCUT2D eigenvalue weighted by Crippen LogP contribution is -2.36. The molecule has 0 unspecified atom stereocenters. The van der Waals surface area contributed by atoms with E-state index < -0.39 is 42.0 Å². The van der Waals surface area contributed by atoms with Crippen LogP contribution in [0.3, 0.4) is 0 Å². The van der Waals surface area contributed by atoms with Crippen LogP contribution in [0.15, 0.2) is 72.8 Å². The predicted molar refractivity (Wildman–Crippen MR) is 142 cm³/mol. The maximum absolute atomic E-state index is 14.9. The molecule has 0 fully saturated rings. The van der Waals surface area contributed by atoms with Crippen LogP contribution in [0.4, 0.5) is 37.7 Å². The third-order valence-electron chi connectivity index (χ3n) is 7.66. The monoisotopic (exact) mass is 570 g/mol. The second kappa shape index (κ2) is 10.6. The molecule has 0 radical (unpaired) electrons. The Labute approximate surface area is 232 Å². The van der Waals surface area contributed by atoms with E-state index in [1.54, 1.807) is 46.2 Å². The fourth-order valence-electron chi connectivity index (χ4n) is 5.38. The van der Waals surface area contributed by atoms with E-state index in [1.807, 2.05) is 0 Å². The van der Waals surface area contributed by atoms with Crippen LogP contribution in [0.5, 0.6) is 11.5 Å². The van der Waals surface area contributed by atoms with Gasteiger partial charge in [0.05, 0.1) is 16.8 Å². The third-order valence-corrected chi connectivity index (χ3v) is 7.66. The van der Waals surface area contributed by atoms with Gasteiger partial charge in [-0.05, 0) is 59.7 Å². The number of fused-ring (bicyclic) bond motifs is 2. The van der Waals surface area contributed by atoms with E-state index in [2.05, 4.69) is 0 Å². The molecule has 0 saturated heterocycles. The van der Waals surface area contributed by atoms with Crippen molar-refractivity contribution in [3.05, 3.63) is 118 Å². The van der Waals surface area contributed by atoms with E-state index in [4.69, 9.17) is 9.47 Å². The van der Waals surface area contributed by atoms with Crippen LogP contribution in [-0.2, 0) is 18.5 Å². The minimum Gasteiger partial charge on any atom is -0.473 e. The summed E-state index contributed by atoms with van der Waals surface area (Å²) in [6.07, 6.45) is 0. The van der Waals surface area contributed by atoms with Crippen LogP contribution in [0.1, 0.15) is 22.3 Å². The first kappa shape index (κ1) is 26.9. The molecule has 0 aromatic heterocycles. The van der Waals surface area contributed by atoms with Crippen molar-refractivity contribution in [2.45, 2.75) is 18.5 Å². The first-order valence-electron chi connectivity index (χ1n) is 12.9. The highest BCUT2D eigenvalue weighted by atomic mass is 19.2. The zero-order valence-electron chi connectivity index (χ0n) is 21.6. The maximum atomic E-state index is 14.9. The van der Waals surface area contributed by atoms with Crippen LogP contribution in [0, 0.1) is 23.3 Å². The van der Waals surface area contributed by atoms with E-state index in [0.29, 0.717) is 33.8 Å². The van der Waals surface area contributed by atoms with Crippen LogP contribution in [0.2, 0.25) is 0 Å². The molecule has 10 heteroatoms. The summed E-state index contributed by atoms with van der Waals surface area (Å²) in [6, 6.07) is 16.2. The number of hydrogen-bond acceptors (Lipinski definition) is 4. The van der Waals surface area contributed by atoms with Crippen molar-refractivity contribution in [1.82, 2.24) is 0 Å². The minimum atomic E-state index is -1.67. The number of benzene rings is 4. The molecule has 4 aromatic carbocycles. The molecule has 0 bridgehead atoms. The van der Waals surface area contributed by atoms with E-state index in [0.717, 1.165) is 24.3 Å². The zero-order valence-corrected chi connectivity index (χ0v) is 21.6. The normalized spacial score (nSPS) is 14.7. The van der Waals surface area contributed by atoms with Gasteiger partial charge < -0.3 is 19.3 Å². The Kier molecular flexibility index (Phi) is 6.93. The van der Waals surface area contributed by atoms with Gasteiger partial charge >= 0.3 is 0 Å². The van der Waals surface area contributed by atoms with E-state index in [-0.39, 0.29) is 37.9 Å². The quantitative estimate of drug-likeness (QED) is 0.229. The van der Waals surface area contributed by atoms with E-state index in [1.165, 1.54) is 12.1 Å². The van der Waals surface area contributed by atoms with E-state index in [9.17, 15) is 26.3 Å². The lowest BCUT2D eigenvalue weighted by atomic mass is 9.75. The van der Waals surface area contributed by atoms with Crippen molar-refractivity contribution in [1.29, 1.82) is 0 Å². The Morgan fingerprint density at radius 1 is 0.585 bits per heavy atom. The Bertz CT molecular complexity index is 1500. The molecule has 0 atom stereocenters. The van der Waals surface area contributed by atoms with Crippen molar-refractivity contribution in [3.8, 4) is 11.5 Å². The number of halogens is 6. The van der Waals surface area contributed by atoms with Gasteiger partial charge in [0.15, 0.2) is 13.5 Å². The first-order valence-corrected chi connectivity index (χ1v) is 12.9. The summed E-state index contributed by atoms with van der Waals surface area (Å²) in [5.41, 5.74) is 0.486. The van der Waals surface area contributed by atoms with Gasteiger partial charge in [-0.25, -0.2) is 26.3 Å². The lowest BCUT2D eigenvalue weighted by molar-refractivity contribution is 0.271. The summed E-state index contributed by atoms with van der Waals surface area (Å²) < 4.78 is 97.1. The highest BCUT2D eigenvalue weighted by Crippen LogP contribution is 2.40. The Hall–Kier alpha value is -4.34. The lowest BCUT2D eigenvalue weighted by Gasteiger charge is -2.35. The summed E-state index contributed by atoms with van der Waals surface area (Å²) in [5.74, 6) is -1.92. The van der Waals surface area contributed by atoms with Crippen LogP contribution < -0.4 is 19.3 Å². The third kappa shape index (κ3) is 4.81. The molecular formula is C31H24F6N2O2. The molecule has 0 amide bonds. The molecule has 2 heterocycles. The summed E-state index contributed by atoms with van der Waals surface area (Å²) in [6.45, 7) is -1.73. The molecule has 2 aliphatic rings.